The van der Waals surface area contributed by atoms with Crippen molar-refractivity contribution < 1.29 is 0 Å². The number of hydrogen-bond donors (Lipinski definition) is 1. The molecule has 2 fully saturated rings. The highest BCUT2D eigenvalue weighted by Crippen LogP contribution is 2.35. The second kappa shape index (κ2) is 8.49. The smallest absolute Gasteiger partial charge is 0.194 e. The van der Waals surface area contributed by atoms with Gasteiger partial charge in [0.15, 0.2) is 5.96 Å². The largest absolute Gasteiger partial charge is 0.357 e. The van der Waals surface area contributed by atoms with E-state index in [1.54, 1.807) is 0 Å². The third kappa shape index (κ3) is 4.92. The number of nitrogens with zero attached hydrogens (tertiary/aromatic N) is 2. The van der Waals surface area contributed by atoms with Crippen LogP contribution in [0.5, 0.6) is 0 Å². The molecule has 2 unspecified atom stereocenters. The highest BCUT2D eigenvalue weighted by atomic mass is 127. The number of halogens is 2. The minimum atomic E-state index is 0. The minimum absolute atomic E-state index is 0. The second-order valence-corrected chi connectivity index (χ2v) is 6.52. The second-order valence-electron chi connectivity index (χ2n) is 5.40. The van der Waals surface area contributed by atoms with Crippen molar-refractivity contribution in [2.45, 2.75) is 32.6 Å². The van der Waals surface area contributed by atoms with Crippen LogP contribution in [-0.2, 0) is 0 Å². The Morgan fingerprint density at radius 3 is 2.37 bits per heavy atom. The van der Waals surface area contributed by atoms with Gasteiger partial charge in [-0.05, 0) is 31.6 Å². The van der Waals surface area contributed by atoms with E-state index in [0.717, 1.165) is 28.8 Å². The average molecular weight is 442 g/mol. The van der Waals surface area contributed by atoms with Gasteiger partial charge in [0.05, 0.1) is 6.54 Å². The van der Waals surface area contributed by atoms with Crippen molar-refractivity contribution in [3.8, 4) is 0 Å². The molecule has 0 radical (unpaired) electrons. The Morgan fingerprint density at radius 1 is 1.32 bits per heavy atom. The van der Waals surface area contributed by atoms with E-state index in [2.05, 4.69) is 44.6 Å². The number of fused-ring (bicyclic) bond motifs is 1. The molecule has 0 amide bonds. The highest BCUT2D eigenvalue weighted by Gasteiger charge is 2.35. The van der Waals surface area contributed by atoms with E-state index < -0.39 is 0 Å². The molecule has 2 aliphatic rings. The maximum absolute atomic E-state index is 4.64. The zero-order valence-electron chi connectivity index (χ0n) is 11.7. The van der Waals surface area contributed by atoms with Gasteiger partial charge in [-0.1, -0.05) is 35.4 Å². The molecular formula is C14H25BrIN3. The first-order valence-electron chi connectivity index (χ1n) is 7.07. The molecule has 0 bridgehead atoms. The lowest BCUT2D eigenvalue weighted by atomic mass is 9.82. The van der Waals surface area contributed by atoms with E-state index in [1.807, 2.05) is 0 Å². The van der Waals surface area contributed by atoms with Crippen molar-refractivity contribution in [2.75, 3.05) is 26.2 Å². The van der Waals surface area contributed by atoms with Gasteiger partial charge in [-0.25, -0.2) is 4.99 Å². The molecule has 2 atom stereocenters. The molecule has 0 aromatic rings. The fourth-order valence-electron chi connectivity index (χ4n) is 3.17. The van der Waals surface area contributed by atoms with Crippen LogP contribution in [0.1, 0.15) is 32.6 Å². The van der Waals surface area contributed by atoms with Gasteiger partial charge in [0.2, 0.25) is 0 Å². The maximum Gasteiger partial charge on any atom is 0.194 e. The lowest BCUT2D eigenvalue weighted by Gasteiger charge is -2.22. The summed E-state index contributed by atoms with van der Waals surface area (Å²) in [4.78, 5) is 7.08. The molecule has 110 valence electrons. The van der Waals surface area contributed by atoms with Gasteiger partial charge in [-0.15, -0.1) is 24.0 Å². The molecule has 19 heavy (non-hydrogen) atoms. The standard InChI is InChI=1S/C14H24BrN3.HI/c1-3-16-14(17-8-11(2)15)18-9-12-6-4-5-7-13(12)10-18;/h12-13H,2-10H2,1H3,(H,16,17);1H. The van der Waals surface area contributed by atoms with Crippen molar-refractivity contribution in [3.63, 3.8) is 0 Å². The van der Waals surface area contributed by atoms with Crippen LogP contribution in [-0.4, -0.2) is 37.0 Å². The zero-order chi connectivity index (χ0) is 13.0. The summed E-state index contributed by atoms with van der Waals surface area (Å²) in [6, 6.07) is 0. The third-order valence-corrected chi connectivity index (χ3v) is 4.26. The lowest BCUT2D eigenvalue weighted by molar-refractivity contribution is 0.299. The SMILES string of the molecule is C=C(Br)CN=C(NCC)N1CC2CCCCC2C1.I. The first-order chi connectivity index (χ1) is 8.70. The van der Waals surface area contributed by atoms with Gasteiger partial charge in [-0.3, -0.25) is 0 Å². The molecule has 3 nitrogen and oxygen atoms in total. The van der Waals surface area contributed by atoms with Gasteiger partial charge in [0.1, 0.15) is 0 Å². The van der Waals surface area contributed by atoms with Crippen molar-refractivity contribution in [1.29, 1.82) is 0 Å². The molecule has 1 heterocycles. The molecule has 1 N–H and O–H groups in total. The van der Waals surface area contributed by atoms with Gasteiger partial charge in [0, 0.05) is 24.1 Å². The Balaban J connectivity index is 0.00000180. The Bertz CT molecular complexity index is 319. The topological polar surface area (TPSA) is 27.6 Å². The first-order valence-corrected chi connectivity index (χ1v) is 7.86. The predicted molar refractivity (Wildman–Crippen MR) is 96.5 cm³/mol. The summed E-state index contributed by atoms with van der Waals surface area (Å²) in [5.74, 6) is 2.86. The van der Waals surface area contributed by atoms with Crippen molar-refractivity contribution in [2.24, 2.45) is 16.8 Å². The predicted octanol–water partition coefficient (Wildman–Crippen LogP) is 3.60. The van der Waals surface area contributed by atoms with E-state index in [9.17, 15) is 0 Å². The van der Waals surface area contributed by atoms with Crippen LogP contribution in [0.2, 0.25) is 0 Å². The normalized spacial score (nSPS) is 26.6. The van der Waals surface area contributed by atoms with Gasteiger partial charge >= 0.3 is 0 Å². The Labute approximate surface area is 142 Å². The zero-order valence-corrected chi connectivity index (χ0v) is 15.6. The van der Waals surface area contributed by atoms with E-state index in [0.29, 0.717) is 6.54 Å². The molecule has 0 aromatic heterocycles. The maximum atomic E-state index is 4.64. The number of aliphatic imine (C=N–C) groups is 1. The van der Waals surface area contributed by atoms with Gasteiger partial charge < -0.3 is 10.2 Å². The summed E-state index contributed by atoms with van der Waals surface area (Å²) in [6.45, 7) is 9.94. The van der Waals surface area contributed by atoms with Crippen LogP contribution in [0, 0.1) is 11.8 Å². The molecule has 1 aliphatic heterocycles. The summed E-state index contributed by atoms with van der Waals surface area (Å²) >= 11 is 3.38. The van der Waals surface area contributed by atoms with Crippen LogP contribution < -0.4 is 5.32 Å². The monoisotopic (exact) mass is 441 g/mol. The molecule has 0 aromatic carbocycles. The summed E-state index contributed by atoms with van der Waals surface area (Å²) in [6.07, 6.45) is 5.65. The molecule has 5 heteroatoms. The number of rotatable bonds is 3. The minimum Gasteiger partial charge on any atom is -0.357 e. The fraction of sp³-hybridized carbons (Fsp3) is 0.786. The van der Waals surface area contributed by atoms with Gasteiger partial charge in [0.25, 0.3) is 0 Å². The molecular weight excluding hydrogens is 417 g/mol. The lowest BCUT2D eigenvalue weighted by Crippen LogP contribution is -2.40. The van der Waals surface area contributed by atoms with E-state index >= 15 is 0 Å². The van der Waals surface area contributed by atoms with Crippen molar-refractivity contribution >= 4 is 45.9 Å². The van der Waals surface area contributed by atoms with Crippen molar-refractivity contribution in [3.05, 3.63) is 11.1 Å². The summed E-state index contributed by atoms with van der Waals surface area (Å²) in [5.41, 5.74) is 0. The van der Waals surface area contributed by atoms with Crippen LogP contribution in [0.15, 0.2) is 16.1 Å². The van der Waals surface area contributed by atoms with E-state index in [-0.39, 0.29) is 24.0 Å². The average Bonchev–Trinajstić information content (AvgIpc) is 2.77. The summed E-state index contributed by atoms with van der Waals surface area (Å²) < 4.78 is 0.939. The Morgan fingerprint density at radius 2 is 1.89 bits per heavy atom. The van der Waals surface area contributed by atoms with E-state index in [1.165, 1.54) is 38.8 Å². The first kappa shape index (κ1) is 17.3. The Kier molecular flexibility index (Phi) is 7.72. The van der Waals surface area contributed by atoms with E-state index in [4.69, 9.17) is 0 Å². The van der Waals surface area contributed by atoms with Crippen LogP contribution in [0.25, 0.3) is 0 Å². The van der Waals surface area contributed by atoms with Crippen LogP contribution in [0.3, 0.4) is 0 Å². The van der Waals surface area contributed by atoms with Crippen molar-refractivity contribution in [1.82, 2.24) is 10.2 Å². The third-order valence-electron chi connectivity index (χ3n) is 4.01. The summed E-state index contributed by atoms with van der Waals surface area (Å²) in [7, 11) is 0. The molecule has 1 aliphatic carbocycles. The molecule has 2 rings (SSSR count). The molecule has 1 saturated carbocycles. The Hall–Kier alpha value is 0.220. The van der Waals surface area contributed by atoms with Gasteiger partial charge in [-0.2, -0.15) is 0 Å². The summed E-state index contributed by atoms with van der Waals surface area (Å²) in [5, 5.41) is 3.40. The highest BCUT2D eigenvalue weighted by molar-refractivity contribution is 14.0. The quantitative estimate of drug-likeness (QED) is 0.411. The number of guanidine groups is 1. The fourth-order valence-corrected chi connectivity index (χ4v) is 3.29. The van der Waals surface area contributed by atoms with Crippen LogP contribution >= 0.6 is 39.9 Å². The number of hydrogen-bond acceptors (Lipinski definition) is 1. The molecule has 1 saturated heterocycles. The molecule has 0 spiro atoms. The number of likely N-dealkylation sites (tertiary alicyclic amines) is 1. The number of nitrogens with one attached hydrogen (secondary N) is 1. The van der Waals surface area contributed by atoms with Crippen LogP contribution in [0.4, 0.5) is 0 Å².